The Morgan fingerprint density at radius 1 is 1.44 bits per heavy atom. The molecular weight excluding hydrogens is 250 g/mol. The van der Waals surface area contributed by atoms with Crippen LogP contribution in [0.2, 0.25) is 5.15 Å². The van der Waals surface area contributed by atoms with Gasteiger partial charge in [0, 0.05) is 18.2 Å². The molecule has 3 N–H and O–H groups in total. The topological polar surface area (TPSA) is 68.0 Å². The molecule has 1 aromatic heterocycles. The molecule has 0 radical (unpaired) electrons. The Morgan fingerprint density at radius 2 is 2.17 bits per heavy atom. The quantitative estimate of drug-likeness (QED) is 0.828. The van der Waals surface area contributed by atoms with E-state index in [-0.39, 0.29) is 11.4 Å². The summed E-state index contributed by atoms with van der Waals surface area (Å²) in [6.45, 7) is 0. The molecule has 1 aromatic rings. The smallest absolute Gasteiger partial charge is 0.226 e. The van der Waals surface area contributed by atoms with Crippen molar-refractivity contribution in [2.75, 3.05) is 5.32 Å². The molecule has 1 fully saturated rings. The number of rotatable bonds is 3. The van der Waals surface area contributed by atoms with Crippen molar-refractivity contribution >= 4 is 23.2 Å². The van der Waals surface area contributed by atoms with Crippen molar-refractivity contribution in [2.45, 2.75) is 44.1 Å². The van der Waals surface area contributed by atoms with E-state index in [0.29, 0.717) is 17.3 Å². The van der Waals surface area contributed by atoms with Gasteiger partial charge >= 0.3 is 0 Å². The number of nitrogens with two attached hydrogens (primary N) is 1. The summed E-state index contributed by atoms with van der Waals surface area (Å²) in [5.41, 5.74) is 6.44. The summed E-state index contributed by atoms with van der Waals surface area (Å²) in [4.78, 5) is 15.9. The van der Waals surface area contributed by atoms with Gasteiger partial charge in [0.15, 0.2) is 5.15 Å². The molecule has 0 saturated heterocycles. The lowest BCUT2D eigenvalue weighted by Crippen LogP contribution is -2.44. The predicted octanol–water partition coefficient (Wildman–Crippen LogP) is 2.73. The molecule has 1 amide bonds. The maximum Gasteiger partial charge on any atom is 0.226 e. The fourth-order valence-corrected chi connectivity index (χ4v) is 2.59. The molecule has 0 aromatic carbocycles. The van der Waals surface area contributed by atoms with Crippen LogP contribution >= 0.6 is 11.6 Å². The third kappa shape index (κ3) is 3.43. The van der Waals surface area contributed by atoms with Crippen molar-refractivity contribution in [3.05, 3.63) is 23.5 Å². The highest BCUT2D eigenvalue weighted by molar-refractivity contribution is 6.32. The minimum Gasteiger partial charge on any atom is -0.325 e. The number of carbonyl (C=O) groups excluding carboxylic acids is 1. The highest BCUT2D eigenvalue weighted by Crippen LogP contribution is 2.29. The lowest BCUT2D eigenvalue weighted by Gasteiger charge is -2.32. The number of aromatic nitrogens is 1. The third-order valence-electron chi connectivity index (χ3n) is 3.40. The van der Waals surface area contributed by atoms with E-state index in [2.05, 4.69) is 10.3 Å². The average molecular weight is 268 g/mol. The van der Waals surface area contributed by atoms with Gasteiger partial charge in [0.25, 0.3) is 0 Å². The zero-order valence-corrected chi connectivity index (χ0v) is 11.0. The lowest BCUT2D eigenvalue weighted by molar-refractivity contribution is -0.117. The van der Waals surface area contributed by atoms with Crippen LogP contribution in [0, 0.1) is 0 Å². The Hall–Kier alpha value is -1.13. The maximum atomic E-state index is 12.0. The summed E-state index contributed by atoms with van der Waals surface area (Å²) in [6, 6.07) is 3.47. The molecular formula is C13H18ClN3O. The SMILES string of the molecule is NC1(CC(=O)Nc2cccnc2Cl)CCCCC1. The van der Waals surface area contributed by atoms with Gasteiger partial charge in [-0.15, -0.1) is 0 Å². The molecule has 0 spiro atoms. The first-order valence-corrected chi connectivity index (χ1v) is 6.66. The summed E-state index contributed by atoms with van der Waals surface area (Å²) in [7, 11) is 0. The lowest BCUT2D eigenvalue weighted by atomic mass is 9.80. The van der Waals surface area contributed by atoms with Gasteiger partial charge in [-0.25, -0.2) is 4.98 Å². The zero-order chi connectivity index (χ0) is 13.0. The number of amides is 1. The minimum absolute atomic E-state index is 0.0886. The van der Waals surface area contributed by atoms with Crippen molar-refractivity contribution < 1.29 is 4.79 Å². The fourth-order valence-electron chi connectivity index (χ4n) is 2.43. The zero-order valence-electron chi connectivity index (χ0n) is 10.3. The number of nitrogens with zero attached hydrogens (tertiary/aromatic N) is 1. The first kappa shape index (κ1) is 13.3. The van der Waals surface area contributed by atoms with E-state index in [1.807, 2.05) is 0 Å². The number of nitrogens with one attached hydrogen (secondary N) is 1. The van der Waals surface area contributed by atoms with Gasteiger partial charge < -0.3 is 11.1 Å². The van der Waals surface area contributed by atoms with Gasteiger partial charge in [-0.2, -0.15) is 0 Å². The number of pyridine rings is 1. The van der Waals surface area contributed by atoms with Gasteiger partial charge in [-0.3, -0.25) is 4.79 Å². The number of carbonyl (C=O) groups is 1. The minimum atomic E-state index is -0.350. The van der Waals surface area contributed by atoms with Crippen LogP contribution in [0.3, 0.4) is 0 Å². The van der Waals surface area contributed by atoms with Crippen LogP contribution in [0.4, 0.5) is 5.69 Å². The summed E-state index contributed by atoms with van der Waals surface area (Å²) in [6.07, 6.45) is 7.20. The molecule has 98 valence electrons. The van der Waals surface area contributed by atoms with E-state index < -0.39 is 0 Å². The second-order valence-electron chi connectivity index (χ2n) is 4.99. The summed E-state index contributed by atoms with van der Waals surface area (Å²) < 4.78 is 0. The Balaban J connectivity index is 1.94. The third-order valence-corrected chi connectivity index (χ3v) is 3.70. The van der Waals surface area contributed by atoms with E-state index in [0.717, 1.165) is 25.7 Å². The van der Waals surface area contributed by atoms with E-state index >= 15 is 0 Å². The van der Waals surface area contributed by atoms with E-state index in [1.165, 1.54) is 6.42 Å². The summed E-state index contributed by atoms with van der Waals surface area (Å²) >= 11 is 5.89. The van der Waals surface area contributed by atoms with E-state index in [1.54, 1.807) is 18.3 Å². The van der Waals surface area contributed by atoms with Crippen LogP contribution in [-0.2, 0) is 4.79 Å². The van der Waals surface area contributed by atoms with Gasteiger partial charge in [0.1, 0.15) is 0 Å². The summed E-state index contributed by atoms with van der Waals surface area (Å²) in [5.74, 6) is -0.0886. The molecule has 18 heavy (non-hydrogen) atoms. The van der Waals surface area contributed by atoms with Crippen LogP contribution in [-0.4, -0.2) is 16.4 Å². The molecule has 0 aliphatic heterocycles. The predicted molar refractivity (Wildman–Crippen MR) is 72.5 cm³/mol. The van der Waals surface area contributed by atoms with E-state index in [4.69, 9.17) is 17.3 Å². The first-order chi connectivity index (χ1) is 8.59. The maximum absolute atomic E-state index is 12.0. The van der Waals surface area contributed by atoms with Crippen LogP contribution in [0.15, 0.2) is 18.3 Å². The van der Waals surface area contributed by atoms with Crippen molar-refractivity contribution in [3.8, 4) is 0 Å². The van der Waals surface area contributed by atoms with Crippen molar-refractivity contribution in [3.63, 3.8) is 0 Å². The molecule has 1 aliphatic rings. The molecule has 1 aliphatic carbocycles. The standard InChI is InChI=1S/C13H18ClN3O/c14-12-10(5-4-8-16-12)17-11(18)9-13(15)6-2-1-3-7-13/h4-5,8H,1-3,6-7,9,15H2,(H,17,18). The number of hydrogen-bond acceptors (Lipinski definition) is 3. The van der Waals surface area contributed by atoms with Crippen LogP contribution < -0.4 is 11.1 Å². The van der Waals surface area contributed by atoms with Crippen LogP contribution in [0.1, 0.15) is 38.5 Å². The molecule has 4 nitrogen and oxygen atoms in total. The summed E-state index contributed by atoms with van der Waals surface area (Å²) in [5, 5.41) is 3.08. The molecule has 5 heteroatoms. The molecule has 0 atom stereocenters. The average Bonchev–Trinajstić information content (AvgIpc) is 2.32. The fraction of sp³-hybridized carbons (Fsp3) is 0.538. The van der Waals surface area contributed by atoms with Crippen molar-refractivity contribution in [2.24, 2.45) is 5.73 Å². The molecule has 1 heterocycles. The van der Waals surface area contributed by atoms with Crippen molar-refractivity contribution in [1.29, 1.82) is 0 Å². The van der Waals surface area contributed by atoms with Crippen molar-refractivity contribution in [1.82, 2.24) is 4.98 Å². The van der Waals surface area contributed by atoms with Gasteiger partial charge in [0.05, 0.1) is 5.69 Å². The number of halogens is 1. The second-order valence-corrected chi connectivity index (χ2v) is 5.35. The normalized spacial score (nSPS) is 18.3. The Morgan fingerprint density at radius 3 is 2.83 bits per heavy atom. The Labute approximate surface area is 112 Å². The first-order valence-electron chi connectivity index (χ1n) is 6.28. The number of anilines is 1. The van der Waals surface area contributed by atoms with Gasteiger partial charge in [-0.05, 0) is 25.0 Å². The van der Waals surface area contributed by atoms with Gasteiger partial charge in [0.2, 0.25) is 5.91 Å². The highest BCUT2D eigenvalue weighted by atomic mass is 35.5. The molecule has 0 unspecified atom stereocenters. The van der Waals surface area contributed by atoms with Gasteiger partial charge in [-0.1, -0.05) is 30.9 Å². The molecule has 0 bridgehead atoms. The van der Waals surface area contributed by atoms with E-state index in [9.17, 15) is 4.79 Å². The van der Waals surface area contributed by atoms with Crippen LogP contribution in [0.25, 0.3) is 0 Å². The monoisotopic (exact) mass is 267 g/mol. The molecule has 2 rings (SSSR count). The second kappa shape index (κ2) is 5.67. The number of hydrogen-bond donors (Lipinski definition) is 2. The largest absolute Gasteiger partial charge is 0.325 e. The van der Waals surface area contributed by atoms with Crippen LogP contribution in [0.5, 0.6) is 0 Å². The Kier molecular flexibility index (Phi) is 4.19. The highest BCUT2D eigenvalue weighted by Gasteiger charge is 2.30. The Bertz CT molecular complexity index is 430. The molecule has 1 saturated carbocycles.